The highest BCUT2D eigenvalue weighted by molar-refractivity contribution is 5.73. The Bertz CT molecular complexity index is 261. The Kier molecular flexibility index (Phi) is 14.8. The fraction of sp³-hybridized carbons (Fsp3) is 0.941. The van der Waals surface area contributed by atoms with Crippen molar-refractivity contribution in [3.05, 3.63) is 0 Å². The summed E-state index contributed by atoms with van der Waals surface area (Å²) in [5.41, 5.74) is 0. The number of carboxylic acids is 1. The van der Waals surface area contributed by atoms with Crippen LogP contribution in [0.1, 0.15) is 70.6 Å². The quantitative estimate of drug-likeness (QED) is 0.381. The first-order valence-electron chi connectivity index (χ1n) is 8.78. The molecule has 0 aromatic heterocycles. The molecule has 0 amide bonds. The smallest absolute Gasteiger partial charge is 0.320 e. The van der Waals surface area contributed by atoms with Crippen molar-refractivity contribution >= 4 is 5.97 Å². The minimum Gasteiger partial charge on any atom is -0.480 e. The number of aliphatic carboxylic acids is 1. The molecule has 0 fully saturated rings. The Labute approximate surface area is 135 Å². The molecular formula is C17H35NO4. The molecule has 5 heteroatoms. The van der Waals surface area contributed by atoms with Crippen LogP contribution in [-0.4, -0.2) is 59.0 Å². The maximum atomic E-state index is 11.2. The largest absolute Gasteiger partial charge is 0.480 e. The summed E-state index contributed by atoms with van der Waals surface area (Å²) in [6.45, 7) is 0.719. The number of hydrogen-bond donors (Lipinski definition) is 3. The third-order valence-corrected chi connectivity index (χ3v) is 4.16. The van der Waals surface area contributed by atoms with Crippen LogP contribution in [0, 0.1) is 0 Å². The Morgan fingerprint density at radius 1 is 0.818 bits per heavy atom. The fourth-order valence-corrected chi connectivity index (χ4v) is 2.71. The molecule has 0 saturated heterocycles. The average molecular weight is 317 g/mol. The molecule has 0 saturated carbocycles. The monoisotopic (exact) mass is 317 g/mol. The van der Waals surface area contributed by atoms with E-state index in [0.29, 0.717) is 19.6 Å². The van der Waals surface area contributed by atoms with E-state index < -0.39 is 12.0 Å². The third-order valence-electron chi connectivity index (χ3n) is 4.16. The van der Waals surface area contributed by atoms with Crippen molar-refractivity contribution in [1.82, 2.24) is 4.90 Å². The second kappa shape index (κ2) is 15.3. The van der Waals surface area contributed by atoms with E-state index in [2.05, 4.69) is 0 Å². The summed E-state index contributed by atoms with van der Waals surface area (Å²) >= 11 is 0. The number of unbranched alkanes of at least 4 members (excludes halogenated alkanes) is 9. The van der Waals surface area contributed by atoms with E-state index in [1.165, 1.54) is 38.5 Å². The molecule has 1 unspecified atom stereocenters. The molecule has 22 heavy (non-hydrogen) atoms. The van der Waals surface area contributed by atoms with Crippen LogP contribution in [0.25, 0.3) is 0 Å². The van der Waals surface area contributed by atoms with Gasteiger partial charge in [0.25, 0.3) is 0 Å². The molecular weight excluding hydrogens is 282 g/mol. The lowest BCUT2D eigenvalue weighted by Gasteiger charge is -2.23. The van der Waals surface area contributed by atoms with Gasteiger partial charge in [0, 0.05) is 13.2 Å². The first kappa shape index (κ1) is 21.4. The third kappa shape index (κ3) is 12.0. The predicted octanol–water partition coefficient (Wildman–Crippen LogP) is 2.65. The number of carboxylic acid groups (broad SMARTS) is 1. The Hall–Kier alpha value is -0.650. The highest BCUT2D eigenvalue weighted by Crippen LogP contribution is 2.13. The summed E-state index contributed by atoms with van der Waals surface area (Å²) in [6, 6.07) is -0.473. The fourth-order valence-electron chi connectivity index (χ4n) is 2.71. The van der Waals surface area contributed by atoms with Gasteiger partial charge in [0.2, 0.25) is 0 Å². The molecule has 0 spiro atoms. The summed E-state index contributed by atoms with van der Waals surface area (Å²) < 4.78 is 0. The van der Waals surface area contributed by atoms with E-state index in [-0.39, 0.29) is 6.61 Å². The van der Waals surface area contributed by atoms with Crippen molar-refractivity contribution < 1.29 is 20.1 Å². The number of aliphatic hydroxyl groups excluding tert-OH is 2. The molecule has 0 aliphatic carbocycles. The van der Waals surface area contributed by atoms with Crippen molar-refractivity contribution in [3.63, 3.8) is 0 Å². The van der Waals surface area contributed by atoms with Gasteiger partial charge in [-0.15, -0.1) is 0 Å². The van der Waals surface area contributed by atoms with Gasteiger partial charge in [0.1, 0.15) is 6.04 Å². The molecule has 1 atom stereocenters. The molecule has 5 nitrogen and oxygen atoms in total. The lowest BCUT2D eigenvalue weighted by atomic mass is 10.0. The number of nitrogens with zero attached hydrogens (tertiary/aromatic N) is 1. The highest BCUT2D eigenvalue weighted by atomic mass is 16.4. The number of rotatable bonds is 16. The first-order valence-corrected chi connectivity index (χ1v) is 8.78. The molecule has 0 aliphatic heterocycles. The summed E-state index contributed by atoms with van der Waals surface area (Å²) in [6.07, 6.45) is 12.1. The van der Waals surface area contributed by atoms with E-state index in [0.717, 1.165) is 25.7 Å². The molecule has 0 bridgehead atoms. The van der Waals surface area contributed by atoms with Gasteiger partial charge < -0.3 is 15.3 Å². The van der Waals surface area contributed by atoms with E-state index >= 15 is 0 Å². The van der Waals surface area contributed by atoms with Crippen molar-refractivity contribution in [1.29, 1.82) is 0 Å². The van der Waals surface area contributed by atoms with Crippen LogP contribution in [0.4, 0.5) is 0 Å². The van der Waals surface area contributed by atoms with Crippen molar-refractivity contribution in [2.24, 2.45) is 0 Å². The highest BCUT2D eigenvalue weighted by Gasteiger charge is 2.21. The first-order chi connectivity index (χ1) is 10.6. The van der Waals surface area contributed by atoms with Crippen LogP contribution in [-0.2, 0) is 4.79 Å². The standard InChI is InChI=1S/C17H35NO4/c1-18(13-15-20)16(17(21)22)12-10-8-6-4-2-3-5-7-9-11-14-19/h16,19-20H,2-15H2,1H3,(H,21,22). The molecule has 0 aromatic carbocycles. The lowest BCUT2D eigenvalue weighted by Crippen LogP contribution is -2.39. The molecule has 0 aromatic rings. The zero-order valence-corrected chi connectivity index (χ0v) is 14.2. The number of aliphatic hydroxyl groups is 2. The van der Waals surface area contributed by atoms with E-state index in [4.69, 9.17) is 10.2 Å². The maximum absolute atomic E-state index is 11.2. The predicted molar refractivity (Wildman–Crippen MR) is 89.0 cm³/mol. The summed E-state index contributed by atoms with van der Waals surface area (Å²) in [5.74, 6) is -0.793. The van der Waals surface area contributed by atoms with E-state index in [1.54, 1.807) is 11.9 Å². The van der Waals surface area contributed by atoms with Crippen LogP contribution in [0.2, 0.25) is 0 Å². The molecule has 132 valence electrons. The van der Waals surface area contributed by atoms with Crippen molar-refractivity contribution in [3.8, 4) is 0 Å². The van der Waals surface area contributed by atoms with Crippen LogP contribution >= 0.6 is 0 Å². The molecule has 3 N–H and O–H groups in total. The van der Waals surface area contributed by atoms with Gasteiger partial charge in [-0.3, -0.25) is 9.69 Å². The molecule has 0 heterocycles. The summed E-state index contributed by atoms with van der Waals surface area (Å²) in [7, 11) is 1.76. The van der Waals surface area contributed by atoms with Gasteiger partial charge in [0.05, 0.1) is 6.61 Å². The zero-order chi connectivity index (χ0) is 16.6. The topological polar surface area (TPSA) is 81.0 Å². The molecule has 0 rings (SSSR count). The number of carbonyl (C=O) groups is 1. The van der Waals surface area contributed by atoms with Crippen LogP contribution in [0.15, 0.2) is 0 Å². The van der Waals surface area contributed by atoms with E-state index in [1.807, 2.05) is 0 Å². The Balaban J connectivity index is 3.48. The minimum atomic E-state index is -0.793. The van der Waals surface area contributed by atoms with Crippen LogP contribution < -0.4 is 0 Å². The van der Waals surface area contributed by atoms with Gasteiger partial charge in [-0.2, -0.15) is 0 Å². The SMILES string of the molecule is CN(CCO)C(CCCCCCCCCCCCO)C(=O)O. The normalized spacial score (nSPS) is 12.7. The molecule has 0 radical (unpaired) electrons. The van der Waals surface area contributed by atoms with Gasteiger partial charge in [0.15, 0.2) is 0 Å². The van der Waals surface area contributed by atoms with Crippen molar-refractivity contribution in [2.45, 2.75) is 76.7 Å². The second-order valence-corrected chi connectivity index (χ2v) is 6.11. The minimum absolute atomic E-state index is 0.00140. The summed E-state index contributed by atoms with van der Waals surface area (Å²) in [5, 5.41) is 26.7. The van der Waals surface area contributed by atoms with Gasteiger partial charge in [-0.1, -0.05) is 57.8 Å². The van der Waals surface area contributed by atoms with Gasteiger partial charge >= 0.3 is 5.97 Å². The summed E-state index contributed by atoms with van der Waals surface area (Å²) in [4.78, 5) is 12.9. The zero-order valence-electron chi connectivity index (χ0n) is 14.2. The Morgan fingerprint density at radius 2 is 1.27 bits per heavy atom. The number of hydrogen-bond acceptors (Lipinski definition) is 4. The van der Waals surface area contributed by atoms with E-state index in [9.17, 15) is 9.90 Å². The van der Waals surface area contributed by atoms with Gasteiger partial charge in [-0.05, 0) is 19.9 Å². The van der Waals surface area contributed by atoms with Crippen LogP contribution in [0.5, 0.6) is 0 Å². The van der Waals surface area contributed by atoms with Crippen LogP contribution in [0.3, 0.4) is 0 Å². The number of likely N-dealkylation sites (N-methyl/N-ethyl adjacent to an activating group) is 1. The van der Waals surface area contributed by atoms with Gasteiger partial charge in [-0.25, -0.2) is 0 Å². The average Bonchev–Trinajstić information content (AvgIpc) is 2.48. The Morgan fingerprint density at radius 3 is 1.68 bits per heavy atom. The maximum Gasteiger partial charge on any atom is 0.320 e. The molecule has 0 aliphatic rings. The second-order valence-electron chi connectivity index (χ2n) is 6.11. The van der Waals surface area contributed by atoms with Crippen molar-refractivity contribution in [2.75, 3.05) is 26.8 Å². The lowest BCUT2D eigenvalue weighted by molar-refractivity contribution is -0.143.